The molecule has 17 heavy (non-hydrogen) atoms. The maximum absolute atomic E-state index is 4.53. The van der Waals surface area contributed by atoms with E-state index in [1.165, 1.54) is 16.6 Å². The van der Waals surface area contributed by atoms with Crippen molar-refractivity contribution in [1.82, 2.24) is 4.98 Å². The number of pyridine rings is 1. The molecule has 90 valence electrons. The average molecular weight is 228 g/mol. The summed E-state index contributed by atoms with van der Waals surface area (Å²) in [6.45, 7) is 6.64. The molecule has 2 heteroatoms. The van der Waals surface area contributed by atoms with Crippen LogP contribution >= 0.6 is 0 Å². The molecule has 2 nitrogen and oxygen atoms in total. The number of nitrogens with zero attached hydrogens (tertiary/aromatic N) is 2. The quantitative estimate of drug-likeness (QED) is 0.741. The summed E-state index contributed by atoms with van der Waals surface area (Å²) in [5.74, 6) is 0. The van der Waals surface area contributed by atoms with Gasteiger partial charge < -0.3 is 4.90 Å². The SMILES string of the molecule is CN(C)c1ccc2ncc(C(C)(C)C)cc2c1. The molecule has 0 saturated carbocycles. The van der Waals surface area contributed by atoms with Crippen LogP contribution < -0.4 is 4.90 Å². The van der Waals surface area contributed by atoms with E-state index in [2.05, 4.69) is 69.0 Å². The van der Waals surface area contributed by atoms with E-state index < -0.39 is 0 Å². The molecule has 0 N–H and O–H groups in total. The molecule has 0 atom stereocenters. The zero-order valence-corrected chi connectivity index (χ0v) is 11.3. The van der Waals surface area contributed by atoms with Crippen molar-refractivity contribution in [2.24, 2.45) is 0 Å². The third-order valence-corrected chi connectivity index (χ3v) is 3.05. The molecule has 0 amide bonds. The highest BCUT2D eigenvalue weighted by Crippen LogP contribution is 2.26. The van der Waals surface area contributed by atoms with Crippen molar-refractivity contribution in [3.63, 3.8) is 0 Å². The Balaban J connectivity index is 2.59. The van der Waals surface area contributed by atoms with Crippen molar-refractivity contribution in [2.45, 2.75) is 26.2 Å². The predicted octanol–water partition coefficient (Wildman–Crippen LogP) is 3.60. The number of benzene rings is 1. The highest BCUT2D eigenvalue weighted by molar-refractivity contribution is 5.83. The second-order valence-electron chi connectivity index (χ2n) is 5.75. The van der Waals surface area contributed by atoms with Gasteiger partial charge >= 0.3 is 0 Å². The molecule has 0 aliphatic rings. The molecule has 0 unspecified atom stereocenters. The number of fused-ring (bicyclic) bond motifs is 1. The largest absolute Gasteiger partial charge is 0.378 e. The van der Waals surface area contributed by atoms with Crippen LogP contribution in [0.4, 0.5) is 5.69 Å². The minimum Gasteiger partial charge on any atom is -0.378 e. The van der Waals surface area contributed by atoms with Crippen molar-refractivity contribution in [2.75, 3.05) is 19.0 Å². The first-order chi connectivity index (χ1) is 7.88. The highest BCUT2D eigenvalue weighted by atomic mass is 15.1. The van der Waals surface area contributed by atoms with Crippen molar-refractivity contribution in [1.29, 1.82) is 0 Å². The van der Waals surface area contributed by atoms with E-state index >= 15 is 0 Å². The lowest BCUT2D eigenvalue weighted by atomic mass is 9.87. The van der Waals surface area contributed by atoms with E-state index in [1.54, 1.807) is 0 Å². The molecule has 2 aromatic rings. The van der Waals surface area contributed by atoms with Gasteiger partial charge in [-0.1, -0.05) is 20.8 Å². The van der Waals surface area contributed by atoms with Crippen LogP contribution in [0.1, 0.15) is 26.3 Å². The zero-order valence-electron chi connectivity index (χ0n) is 11.3. The van der Waals surface area contributed by atoms with E-state index in [-0.39, 0.29) is 5.41 Å². The van der Waals surface area contributed by atoms with E-state index in [1.807, 2.05) is 6.20 Å². The second-order valence-corrected chi connectivity index (χ2v) is 5.75. The van der Waals surface area contributed by atoms with Gasteiger partial charge in [0.25, 0.3) is 0 Å². The van der Waals surface area contributed by atoms with Gasteiger partial charge in [0, 0.05) is 31.4 Å². The van der Waals surface area contributed by atoms with Gasteiger partial charge in [-0.3, -0.25) is 4.98 Å². The normalized spacial score (nSPS) is 11.8. The summed E-state index contributed by atoms with van der Waals surface area (Å²) in [6, 6.07) is 8.62. The Labute approximate surface area is 103 Å². The highest BCUT2D eigenvalue weighted by Gasteiger charge is 2.14. The molecular formula is C15H20N2. The lowest BCUT2D eigenvalue weighted by Crippen LogP contribution is -2.11. The van der Waals surface area contributed by atoms with Crippen LogP contribution in [-0.4, -0.2) is 19.1 Å². The second kappa shape index (κ2) is 4.02. The summed E-state index contributed by atoms with van der Waals surface area (Å²) in [6.07, 6.45) is 1.98. The lowest BCUT2D eigenvalue weighted by Gasteiger charge is -2.19. The monoisotopic (exact) mass is 228 g/mol. The zero-order chi connectivity index (χ0) is 12.6. The molecule has 0 aliphatic carbocycles. The van der Waals surface area contributed by atoms with Gasteiger partial charge in [-0.25, -0.2) is 0 Å². The van der Waals surface area contributed by atoms with Crippen LogP contribution in [0, 0.1) is 0 Å². The molecule has 1 heterocycles. The standard InChI is InChI=1S/C15H20N2/c1-15(2,3)12-8-11-9-13(17(4)5)6-7-14(11)16-10-12/h6-10H,1-5H3. The van der Waals surface area contributed by atoms with Crippen LogP contribution in [0.15, 0.2) is 30.5 Å². The van der Waals surface area contributed by atoms with Gasteiger partial charge in [0.15, 0.2) is 0 Å². The number of aromatic nitrogens is 1. The van der Waals surface area contributed by atoms with Crippen molar-refractivity contribution < 1.29 is 0 Å². The Bertz CT molecular complexity index is 536. The minimum absolute atomic E-state index is 0.148. The number of hydrogen-bond acceptors (Lipinski definition) is 2. The Kier molecular flexibility index (Phi) is 2.82. The van der Waals surface area contributed by atoms with E-state index in [9.17, 15) is 0 Å². The average Bonchev–Trinajstić information content (AvgIpc) is 2.26. The molecular weight excluding hydrogens is 208 g/mol. The third-order valence-electron chi connectivity index (χ3n) is 3.05. The fourth-order valence-corrected chi connectivity index (χ4v) is 1.81. The van der Waals surface area contributed by atoms with E-state index in [0.717, 1.165) is 5.52 Å². The summed E-state index contributed by atoms with van der Waals surface area (Å²) in [4.78, 5) is 6.64. The fourth-order valence-electron chi connectivity index (χ4n) is 1.81. The lowest BCUT2D eigenvalue weighted by molar-refractivity contribution is 0.589. The van der Waals surface area contributed by atoms with Crippen molar-refractivity contribution >= 4 is 16.6 Å². The molecule has 1 aromatic carbocycles. The van der Waals surface area contributed by atoms with E-state index in [4.69, 9.17) is 0 Å². The molecule has 0 fully saturated rings. The van der Waals surface area contributed by atoms with Gasteiger partial charge in [0.2, 0.25) is 0 Å². The van der Waals surface area contributed by atoms with Gasteiger partial charge in [0.05, 0.1) is 5.52 Å². The third kappa shape index (κ3) is 2.41. The van der Waals surface area contributed by atoms with Gasteiger partial charge in [0.1, 0.15) is 0 Å². The fraction of sp³-hybridized carbons (Fsp3) is 0.400. The van der Waals surface area contributed by atoms with Crippen molar-refractivity contribution in [3.05, 3.63) is 36.0 Å². The maximum atomic E-state index is 4.53. The molecule has 0 aliphatic heterocycles. The predicted molar refractivity (Wildman–Crippen MR) is 74.8 cm³/mol. The van der Waals surface area contributed by atoms with Crippen molar-refractivity contribution in [3.8, 4) is 0 Å². The Hall–Kier alpha value is -1.57. The minimum atomic E-state index is 0.148. The Morgan fingerprint density at radius 2 is 1.76 bits per heavy atom. The van der Waals surface area contributed by atoms with Gasteiger partial charge in [-0.05, 0) is 35.2 Å². The maximum Gasteiger partial charge on any atom is 0.0703 e. The topological polar surface area (TPSA) is 16.1 Å². The molecule has 0 radical (unpaired) electrons. The summed E-state index contributed by atoms with van der Waals surface area (Å²) in [5, 5.41) is 1.21. The number of rotatable bonds is 1. The van der Waals surface area contributed by atoms with Gasteiger partial charge in [-0.15, -0.1) is 0 Å². The Morgan fingerprint density at radius 3 is 2.35 bits per heavy atom. The molecule has 0 saturated heterocycles. The number of anilines is 1. The first kappa shape index (κ1) is 11.9. The van der Waals surface area contributed by atoms with Crippen LogP contribution in [0.25, 0.3) is 10.9 Å². The van der Waals surface area contributed by atoms with Crippen LogP contribution in [0.2, 0.25) is 0 Å². The molecule has 2 rings (SSSR count). The summed E-state index contributed by atoms with van der Waals surface area (Å²) >= 11 is 0. The first-order valence-corrected chi connectivity index (χ1v) is 5.95. The summed E-state index contributed by atoms with van der Waals surface area (Å²) in [7, 11) is 4.12. The van der Waals surface area contributed by atoms with Crippen LogP contribution in [0.3, 0.4) is 0 Å². The number of hydrogen-bond donors (Lipinski definition) is 0. The first-order valence-electron chi connectivity index (χ1n) is 5.95. The Morgan fingerprint density at radius 1 is 1.06 bits per heavy atom. The molecule has 1 aromatic heterocycles. The van der Waals surface area contributed by atoms with Gasteiger partial charge in [-0.2, -0.15) is 0 Å². The van der Waals surface area contributed by atoms with Crippen LogP contribution in [-0.2, 0) is 5.41 Å². The summed E-state index contributed by atoms with van der Waals surface area (Å²) in [5.41, 5.74) is 3.70. The molecule has 0 spiro atoms. The smallest absolute Gasteiger partial charge is 0.0703 e. The summed E-state index contributed by atoms with van der Waals surface area (Å²) < 4.78 is 0. The van der Waals surface area contributed by atoms with Crippen LogP contribution in [0.5, 0.6) is 0 Å². The molecule has 0 bridgehead atoms. The van der Waals surface area contributed by atoms with E-state index in [0.29, 0.717) is 0 Å².